The molecule has 144 valence electrons. The van der Waals surface area contributed by atoms with Crippen molar-refractivity contribution >= 4 is 15.7 Å². The number of sulfonamides is 1. The van der Waals surface area contributed by atoms with E-state index in [4.69, 9.17) is 9.26 Å². The first-order chi connectivity index (χ1) is 12.3. The number of hydrogen-bond donors (Lipinski definition) is 1. The summed E-state index contributed by atoms with van der Waals surface area (Å²) in [4.78, 5) is 2.34. The summed E-state index contributed by atoms with van der Waals surface area (Å²) >= 11 is 0. The average molecular weight is 383 g/mol. The molecule has 1 N–H and O–H groups in total. The zero-order valence-electron chi connectivity index (χ0n) is 15.5. The molecule has 10 heteroatoms. The van der Waals surface area contributed by atoms with Crippen molar-refractivity contribution in [3.05, 3.63) is 29.4 Å². The molecule has 0 unspecified atom stereocenters. The lowest BCUT2D eigenvalue weighted by atomic mass is 10.1. The van der Waals surface area contributed by atoms with E-state index in [0.29, 0.717) is 12.3 Å². The zero-order chi connectivity index (χ0) is 18.9. The maximum Gasteiger partial charge on any atom is 0.229 e. The Hall–Kier alpha value is -1.91. The van der Waals surface area contributed by atoms with Gasteiger partial charge in [0.05, 0.1) is 36.5 Å². The highest BCUT2D eigenvalue weighted by Gasteiger charge is 2.34. The first-order valence-electron chi connectivity index (χ1n) is 8.43. The van der Waals surface area contributed by atoms with Crippen molar-refractivity contribution in [2.24, 2.45) is 0 Å². The maximum absolute atomic E-state index is 11.4. The predicted octanol–water partition coefficient (Wildman–Crippen LogP) is 1.32. The van der Waals surface area contributed by atoms with Gasteiger partial charge in [0, 0.05) is 38.0 Å². The fourth-order valence-electron chi connectivity index (χ4n) is 3.44. The number of hydrogen-bond acceptors (Lipinski definition) is 7. The van der Waals surface area contributed by atoms with Crippen molar-refractivity contribution in [1.29, 1.82) is 0 Å². The summed E-state index contributed by atoms with van der Waals surface area (Å²) in [6.07, 6.45) is 5.26. The van der Waals surface area contributed by atoms with Gasteiger partial charge in [-0.25, -0.2) is 8.42 Å². The lowest BCUT2D eigenvalue weighted by Crippen LogP contribution is -2.32. The Bertz CT molecular complexity index is 840. The van der Waals surface area contributed by atoms with Crippen LogP contribution in [0.25, 0.3) is 0 Å². The van der Waals surface area contributed by atoms with Crippen molar-refractivity contribution in [3.63, 3.8) is 0 Å². The van der Waals surface area contributed by atoms with Crippen molar-refractivity contribution in [2.75, 3.05) is 31.2 Å². The number of likely N-dealkylation sites (tertiary alicyclic amines) is 1. The molecule has 9 nitrogen and oxygen atoms in total. The molecule has 0 aromatic carbocycles. The van der Waals surface area contributed by atoms with E-state index in [-0.39, 0.29) is 12.1 Å². The fourth-order valence-corrected chi connectivity index (χ4v) is 3.98. The first-order valence-corrected chi connectivity index (χ1v) is 10.3. The summed E-state index contributed by atoms with van der Waals surface area (Å²) < 4.78 is 37.7. The molecule has 1 saturated heterocycles. The number of nitrogens with one attached hydrogen (secondary N) is 1. The molecule has 3 heterocycles. The van der Waals surface area contributed by atoms with Crippen LogP contribution >= 0.6 is 0 Å². The van der Waals surface area contributed by atoms with E-state index in [2.05, 4.69) is 19.9 Å². The van der Waals surface area contributed by atoms with Gasteiger partial charge in [0.2, 0.25) is 10.0 Å². The van der Waals surface area contributed by atoms with E-state index < -0.39 is 10.0 Å². The van der Waals surface area contributed by atoms with E-state index in [1.165, 1.54) is 6.20 Å². The van der Waals surface area contributed by atoms with Gasteiger partial charge in [-0.2, -0.15) is 5.10 Å². The quantitative estimate of drug-likeness (QED) is 0.769. The van der Waals surface area contributed by atoms with Gasteiger partial charge in [0.25, 0.3) is 0 Å². The molecule has 0 aliphatic carbocycles. The second kappa shape index (κ2) is 7.37. The summed E-state index contributed by atoms with van der Waals surface area (Å²) in [5.74, 6) is 0.834. The normalized spacial score (nSPS) is 21.4. The van der Waals surface area contributed by atoms with E-state index >= 15 is 0 Å². The van der Waals surface area contributed by atoms with Gasteiger partial charge >= 0.3 is 0 Å². The summed E-state index contributed by atoms with van der Waals surface area (Å²) in [5, 5.41) is 8.36. The zero-order valence-corrected chi connectivity index (χ0v) is 16.3. The van der Waals surface area contributed by atoms with Crippen LogP contribution in [0.15, 0.2) is 16.9 Å². The highest BCUT2D eigenvalue weighted by atomic mass is 32.2. The Labute approximate surface area is 153 Å². The Balaban J connectivity index is 1.74. The Morgan fingerprint density at radius 1 is 1.42 bits per heavy atom. The standard InChI is InChI=1S/C16H25N5O4S/c1-11-16(12(2)25-18-11)9-20-8-14(5-15(20)10-24-3)21-7-13(6-17-21)19-26(4,22)23/h6-7,14-15,19H,5,8-10H2,1-4H3/t14-,15-/m0/s1. The molecule has 1 aliphatic heterocycles. The van der Waals surface area contributed by atoms with Crippen molar-refractivity contribution in [3.8, 4) is 0 Å². The number of rotatable bonds is 7. The minimum atomic E-state index is -3.31. The summed E-state index contributed by atoms with van der Waals surface area (Å²) in [6, 6.07) is 0.389. The Morgan fingerprint density at radius 3 is 2.81 bits per heavy atom. The minimum Gasteiger partial charge on any atom is -0.383 e. The summed E-state index contributed by atoms with van der Waals surface area (Å²) in [5.41, 5.74) is 2.48. The molecule has 0 bridgehead atoms. The summed E-state index contributed by atoms with van der Waals surface area (Å²) in [6.45, 7) is 6.02. The monoisotopic (exact) mass is 383 g/mol. The van der Waals surface area contributed by atoms with Crippen LogP contribution in [0.1, 0.15) is 29.5 Å². The van der Waals surface area contributed by atoms with Gasteiger partial charge in [0.15, 0.2) is 0 Å². The van der Waals surface area contributed by atoms with E-state index in [9.17, 15) is 8.42 Å². The SMILES string of the molecule is COC[C@@H]1C[C@H](n2cc(NS(C)(=O)=O)cn2)CN1Cc1c(C)noc1C. The number of methoxy groups -OCH3 is 1. The molecule has 0 spiro atoms. The first kappa shape index (κ1) is 18.9. The van der Waals surface area contributed by atoms with Crippen LogP contribution in [0, 0.1) is 13.8 Å². The molecule has 0 amide bonds. The van der Waals surface area contributed by atoms with E-state index in [1.54, 1.807) is 13.3 Å². The van der Waals surface area contributed by atoms with Gasteiger partial charge in [-0.15, -0.1) is 0 Å². The van der Waals surface area contributed by atoms with Crippen LogP contribution in [0.3, 0.4) is 0 Å². The molecule has 2 aromatic heterocycles. The average Bonchev–Trinajstić information content (AvgIpc) is 3.23. The number of anilines is 1. The van der Waals surface area contributed by atoms with Gasteiger partial charge < -0.3 is 9.26 Å². The second-order valence-electron chi connectivity index (χ2n) is 6.81. The number of ether oxygens (including phenoxy) is 1. The van der Waals surface area contributed by atoms with Gasteiger partial charge in [-0.3, -0.25) is 14.3 Å². The third kappa shape index (κ3) is 4.25. The third-order valence-corrected chi connectivity index (χ3v) is 5.29. The van der Waals surface area contributed by atoms with Crippen molar-refractivity contribution in [1.82, 2.24) is 19.8 Å². The predicted molar refractivity (Wildman–Crippen MR) is 96.4 cm³/mol. The number of nitrogens with zero attached hydrogens (tertiary/aromatic N) is 4. The smallest absolute Gasteiger partial charge is 0.229 e. The van der Waals surface area contributed by atoms with Crippen molar-refractivity contribution < 1.29 is 17.7 Å². The molecule has 0 radical (unpaired) electrons. The van der Waals surface area contributed by atoms with Crippen molar-refractivity contribution in [2.45, 2.75) is 38.9 Å². The highest BCUT2D eigenvalue weighted by Crippen LogP contribution is 2.30. The maximum atomic E-state index is 11.4. The van der Waals surface area contributed by atoms with Crippen LogP contribution in [-0.2, 0) is 21.3 Å². The molecule has 2 aromatic rings. The lowest BCUT2D eigenvalue weighted by molar-refractivity contribution is 0.111. The molecular weight excluding hydrogens is 358 g/mol. The Kier molecular flexibility index (Phi) is 5.35. The second-order valence-corrected chi connectivity index (χ2v) is 8.56. The Morgan fingerprint density at radius 2 is 2.19 bits per heavy atom. The van der Waals surface area contributed by atoms with Crippen LogP contribution < -0.4 is 4.72 Å². The fraction of sp³-hybridized carbons (Fsp3) is 0.625. The molecular formula is C16H25N5O4S. The topological polar surface area (TPSA) is 102 Å². The van der Waals surface area contributed by atoms with E-state index in [0.717, 1.165) is 42.8 Å². The highest BCUT2D eigenvalue weighted by molar-refractivity contribution is 7.92. The molecule has 1 fully saturated rings. The third-order valence-electron chi connectivity index (χ3n) is 4.69. The molecule has 3 rings (SSSR count). The van der Waals surface area contributed by atoms with Gasteiger partial charge in [-0.05, 0) is 20.3 Å². The molecule has 1 aliphatic rings. The van der Waals surface area contributed by atoms with Crippen LogP contribution in [0.2, 0.25) is 0 Å². The van der Waals surface area contributed by atoms with Gasteiger partial charge in [0.1, 0.15) is 5.76 Å². The number of aromatic nitrogens is 3. The minimum absolute atomic E-state index is 0.144. The van der Waals surface area contributed by atoms with Crippen LogP contribution in [-0.4, -0.2) is 60.8 Å². The van der Waals surface area contributed by atoms with E-state index in [1.807, 2.05) is 18.5 Å². The summed E-state index contributed by atoms with van der Waals surface area (Å²) in [7, 11) is -1.61. The van der Waals surface area contributed by atoms with Crippen LogP contribution in [0.5, 0.6) is 0 Å². The molecule has 0 saturated carbocycles. The lowest BCUT2D eigenvalue weighted by Gasteiger charge is -2.23. The number of aryl methyl sites for hydroxylation is 2. The molecule has 26 heavy (non-hydrogen) atoms. The van der Waals surface area contributed by atoms with Gasteiger partial charge in [-0.1, -0.05) is 5.16 Å². The van der Waals surface area contributed by atoms with Crippen LogP contribution in [0.4, 0.5) is 5.69 Å². The molecule has 2 atom stereocenters. The largest absolute Gasteiger partial charge is 0.383 e.